The molecule has 1 amide bonds. The summed E-state index contributed by atoms with van der Waals surface area (Å²) in [5.74, 6) is 0.977. The van der Waals surface area contributed by atoms with E-state index in [0.717, 1.165) is 37.1 Å². The predicted molar refractivity (Wildman–Crippen MR) is 92.7 cm³/mol. The molecule has 5 heteroatoms. The van der Waals surface area contributed by atoms with Gasteiger partial charge in [-0.1, -0.05) is 12.8 Å². The van der Waals surface area contributed by atoms with Gasteiger partial charge in [0, 0.05) is 25.3 Å². The van der Waals surface area contributed by atoms with Crippen LogP contribution in [0.15, 0.2) is 18.3 Å². The van der Waals surface area contributed by atoms with Gasteiger partial charge >= 0.3 is 0 Å². The van der Waals surface area contributed by atoms with Crippen molar-refractivity contribution in [2.75, 3.05) is 31.6 Å². The predicted octanol–water partition coefficient (Wildman–Crippen LogP) is 2.47. The molecule has 1 aliphatic carbocycles. The van der Waals surface area contributed by atoms with Crippen molar-refractivity contribution in [2.24, 2.45) is 17.8 Å². The van der Waals surface area contributed by atoms with Crippen molar-refractivity contribution in [2.45, 2.75) is 38.6 Å². The van der Waals surface area contributed by atoms with E-state index in [4.69, 9.17) is 4.74 Å². The van der Waals surface area contributed by atoms with E-state index in [1.165, 1.54) is 25.7 Å². The summed E-state index contributed by atoms with van der Waals surface area (Å²) < 4.78 is 5.79. The third kappa shape index (κ3) is 3.07. The molecule has 2 aliphatic heterocycles. The SMILES string of the molecule is Cc1ncccc1NC(=O)[C@@H]1COC[C@H]2CN(C3CCCC3)C[C@H]21. The minimum absolute atomic E-state index is 0.0465. The number of amides is 1. The molecule has 24 heavy (non-hydrogen) atoms. The summed E-state index contributed by atoms with van der Waals surface area (Å²) in [6, 6.07) is 4.51. The molecule has 0 radical (unpaired) electrons. The van der Waals surface area contributed by atoms with Crippen molar-refractivity contribution < 1.29 is 9.53 Å². The lowest BCUT2D eigenvalue weighted by molar-refractivity contribution is -0.128. The van der Waals surface area contributed by atoms with E-state index in [1.807, 2.05) is 19.1 Å². The Morgan fingerprint density at radius 2 is 2.12 bits per heavy atom. The standard InChI is InChI=1S/C19H27N3O2/c1-13-18(7-4-8-20-13)21-19(23)17-12-24-11-14-9-22(10-16(14)17)15-5-2-3-6-15/h4,7-8,14-17H,2-3,5-6,9-12H2,1H3,(H,21,23)/t14-,16-,17-/m1/s1. The first-order valence-corrected chi connectivity index (χ1v) is 9.26. The number of aromatic nitrogens is 1. The average Bonchev–Trinajstić information content (AvgIpc) is 3.25. The second-order valence-corrected chi connectivity index (χ2v) is 7.59. The number of aryl methyl sites for hydroxylation is 1. The van der Waals surface area contributed by atoms with Crippen molar-refractivity contribution in [3.05, 3.63) is 24.0 Å². The second-order valence-electron chi connectivity index (χ2n) is 7.59. The molecule has 1 N–H and O–H groups in total. The van der Waals surface area contributed by atoms with Gasteiger partial charge in [-0.25, -0.2) is 0 Å². The van der Waals surface area contributed by atoms with Gasteiger partial charge in [-0.15, -0.1) is 0 Å². The lowest BCUT2D eigenvalue weighted by atomic mass is 9.82. The fraction of sp³-hybridized carbons (Fsp3) is 0.684. The molecule has 1 saturated carbocycles. The van der Waals surface area contributed by atoms with Crippen molar-refractivity contribution in [1.82, 2.24) is 9.88 Å². The molecular weight excluding hydrogens is 302 g/mol. The number of ether oxygens (including phenoxy) is 1. The largest absolute Gasteiger partial charge is 0.380 e. The fourth-order valence-electron chi connectivity index (χ4n) is 4.71. The van der Waals surface area contributed by atoms with Gasteiger partial charge in [0.25, 0.3) is 0 Å². The topological polar surface area (TPSA) is 54.5 Å². The van der Waals surface area contributed by atoms with Gasteiger partial charge in [0.1, 0.15) is 0 Å². The van der Waals surface area contributed by atoms with Gasteiger partial charge in [0.15, 0.2) is 0 Å². The molecule has 5 nitrogen and oxygen atoms in total. The Balaban J connectivity index is 1.44. The summed E-state index contributed by atoms with van der Waals surface area (Å²) in [4.78, 5) is 19.7. The smallest absolute Gasteiger partial charge is 0.230 e. The summed E-state index contributed by atoms with van der Waals surface area (Å²) >= 11 is 0. The molecule has 3 atom stereocenters. The summed E-state index contributed by atoms with van der Waals surface area (Å²) in [5, 5.41) is 3.08. The van der Waals surface area contributed by atoms with Crippen LogP contribution in [0.3, 0.4) is 0 Å². The first-order valence-electron chi connectivity index (χ1n) is 9.26. The monoisotopic (exact) mass is 329 g/mol. The van der Waals surface area contributed by atoms with E-state index in [0.29, 0.717) is 18.4 Å². The quantitative estimate of drug-likeness (QED) is 0.925. The van der Waals surface area contributed by atoms with E-state index in [9.17, 15) is 4.79 Å². The van der Waals surface area contributed by atoms with Gasteiger partial charge in [0.05, 0.1) is 30.5 Å². The zero-order valence-corrected chi connectivity index (χ0v) is 14.4. The van der Waals surface area contributed by atoms with Crippen LogP contribution < -0.4 is 5.32 Å². The van der Waals surface area contributed by atoms with Gasteiger partial charge in [-0.3, -0.25) is 14.7 Å². The maximum absolute atomic E-state index is 12.9. The van der Waals surface area contributed by atoms with Crippen molar-refractivity contribution in [3.63, 3.8) is 0 Å². The number of nitrogens with zero attached hydrogens (tertiary/aromatic N) is 2. The van der Waals surface area contributed by atoms with Gasteiger partial charge in [-0.05, 0) is 43.7 Å². The first kappa shape index (κ1) is 16.0. The van der Waals surface area contributed by atoms with E-state index >= 15 is 0 Å². The molecule has 0 spiro atoms. The van der Waals surface area contributed by atoms with Crippen molar-refractivity contribution in [3.8, 4) is 0 Å². The highest BCUT2D eigenvalue weighted by molar-refractivity contribution is 5.93. The maximum Gasteiger partial charge on any atom is 0.230 e. The Labute approximate surface area is 143 Å². The minimum Gasteiger partial charge on any atom is -0.380 e. The Bertz CT molecular complexity index is 600. The number of carbonyl (C=O) groups is 1. The number of fused-ring (bicyclic) bond motifs is 1. The average molecular weight is 329 g/mol. The van der Waals surface area contributed by atoms with Gasteiger partial charge in [0.2, 0.25) is 5.91 Å². The normalized spacial score (nSPS) is 31.1. The molecule has 3 heterocycles. The number of anilines is 1. The summed E-state index contributed by atoms with van der Waals surface area (Å²) in [6.45, 7) is 5.44. The number of pyridine rings is 1. The summed E-state index contributed by atoms with van der Waals surface area (Å²) in [7, 11) is 0. The third-order valence-corrected chi connectivity index (χ3v) is 6.11. The molecule has 2 saturated heterocycles. The second kappa shape index (κ2) is 6.81. The molecule has 0 unspecified atom stereocenters. The number of hydrogen-bond acceptors (Lipinski definition) is 4. The molecule has 1 aromatic heterocycles. The Kier molecular flexibility index (Phi) is 4.55. The van der Waals surface area contributed by atoms with E-state index in [-0.39, 0.29) is 11.8 Å². The van der Waals surface area contributed by atoms with Crippen LogP contribution in [-0.4, -0.2) is 48.1 Å². The number of nitrogens with one attached hydrogen (secondary N) is 1. The Morgan fingerprint density at radius 3 is 2.92 bits per heavy atom. The van der Waals surface area contributed by atoms with E-state index in [2.05, 4.69) is 15.2 Å². The number of hydrogen-bond donors (Lipinski definition) is 1. The van der Waals surface area contributed by atoms with Crippen LogP contribution in [0.4, 0.5) is 5.69 Å². The van der Waals surface area contributed by atoms with Crippen LogP contribution in [-0.2, 0) is 9.53 Å². The molecule has 3 fully saturated rings. The fourth-order valence-corrected chi connectivity index (χ4v) is 4.71. The lowest BCUT2D eigenvalue weighted by Gasteiger charge is -2.32. The van der Waals surface area contributed by atoms with E-state index < -0.39 is 0 Å². The number of carbonyl (C=O) groups excluding carboxylic acids is 1. The van der Waals surface area contributed by atoms with Crippen LogP contribution in [0.2, 0.25) is 0 Å². The lowest BCUT2D eigenvalue weighted by Crippen LogP contribution is -2.42. The highest BCUT2D eigenvalue weighted by Gasteiger charge is 2.45. The highest BCUT2D eigenvalue weighted by atomic mass is 16.5. The molecule has 0 aromatic carbocycles. The molecule has 130 valence electrons. The van der Waals surface area contributed by atoms with Gasteiger partial charge in [-0.2, -0.15) is 0 Å². The Morgan fingerprint density at radius 1 is 1.29 bits per heavy atom. The molecule has 0 bridgehead atoms. The molecule has 1 aromatic rings. The molecule has 4 rings (SSSR count). The van der Waals surface area contributed by atoms with Crippen LogP contribution in [0.1, 0.15) is 31.4 Å². The Hall–Kier alpha value is -1.46. The number of rotatable bonds is 3. The van der Waals surface area contributed by atoms with Crippen LogP contribution in [0.25, 0.3) is 0 Å². The van der Waals surface area contributed by atoms with Crippen molar-refractivity contribution >= 4 is 11.6 Å². The molecular formula is C19H27N3O2. The maximum atomic E-state index is 12.9. The highest BCUT2D eigenvalue weighted by Crippen LogP contribution is 2.38. The van der Waals surface area contributed by atoms with Crippen LogP contribution >= 0.6 is 0 Å². The van der Waals surface area contributed by atoms with Crippen LogP contribution in [0, 0.1) is 24.7 Å². The molecule has 3 aliphatic rings. The van der Waals surface area contributed by atoms with Crippen molar-refractivity contribution in [1.29, 1.82) is 0 Å². The summed E-state index contributed by atoms with van der Waals surface area (Å²) in [6.07, 6.45) is 7.12. The van der Waals surface area contributed by atoms with Gasteiger partial charge < -0.3 is 10.1 Å². The minimum atomic E-state index is -0.0465. The third-order valence-electron chi connectivity index (χ3n) is 6.11. The number of likely N-dealkylation sites (tertiary alicyclic amines) is 1. The first-order chi connectivity index (χ1) is 11.7. The summed E-state index contributed by atoms with van der Waals surface area (Å²) in [5.41, 5.74) is 1.67. The zero-order valence-electron chi connectivity index (χ0n) is 14.4. The van der Waals surface area contributed by atoms with E-state index in [1.54, 1.807) is 6.20 Å². The zero-order chi connectivity index (χ0) is 16.5. The van der Waals surface area contributed by atoms with Crippen LogP contribution in [0.5, 0.6) is 0 Å².